The molecule has 0 aliphatic rings. The molecule has 1 aromatic rings. The van der Waals surface area contributed by atoms with Crippen molar-refractivity contribution in [2.24, 2.45) is 5.73 Å². The number of carbonyl (C=O) groups is 3. The summed E-state index contributed by atoms with van der Waals surface area (Å²) in [4.78, 5) is 34.9. The van der Waals surface area contributed by atoms with E-state index in [9.17, 15) is 14.4 Å². The van der Waals surface area contributed by atoms with Crippen LogP contribution >= 0.6 is 15.9 Å². The summed E-state index contributed by atoms with van der Waals surface area (Å²) in [5.41, 5.74) is 5.76. The van der Waals surface area contributed by atoms with Crippen LogP contribution in [0.3, 0.4) is 0 Å². The Hall–Kier alpha value is -1.73. The minimum atomic E-state index is -0.897. The Morgan fingerprint density at radius 3 is 2.47 bits per heavy atom. The lowest BCUT2D eigenvalue weighted by Crippen LogP contribution is -2.39. The van der Waals surface area contributed by atoms with Crippen molar-refractivity contribution in [2.75, 3.05) is 18.4 Å². The number of hydrogen-bond donors (Lipinski definition) is 2. The maximum atomic E-state index is 11.7. The van der Waals surface area contributed by atoms with Crippen LogP contribution in [0.4, 0.5) is 5.69 Å². The lowest BCUT2D eigenvalue weighted by Gasteiger charge is -2.14. The summed E-state index contributed by atoms with van der Waals surface area (Å²) in [5.74, 6) is -1.75. The van der Waals surface area contributed by atoms with Gasteiger partial charge in [0, 0.05) is 16.7 Å². The Labute approximate surface area is 119 Å². The van der Waals surface area contributed by atoms with Crippen molar-refractivity contribution in [3.8, 4) is 0 Å². The Bertz CT molecular complexity index is 462. The predicted molar refractivity (Wildman–Crippen MR) is 74.2 cm³/mol. The Kier molecular flexibility index (Phi) is 6.17. The molecular formula is C12H14BrN3O3. The third-order valence-corrected chi connectivity index (χ3v) is 2.82. The average Bonchev–Trinajstić information content (AvgIpc) is 2.42. The second-order valence-electron chi connectivity index (χ2n) is 3.71. The lowest BCUT2D eigenvalue weighted by atomic mass is 10.3. The standard InChI is InChI=1S/C12H14BrN3O3/c13-9-2-4-10(5-3-9)15-11(18)12(19)16(8-17)7-1-6-14/h2-5,8H,1,6-7,14H2,(H,15,18). The van der Waals surface area contributed by atoms with Gasteiger partial charge >= 0.3 is 11.8 Å². The number of anilines is 1. The van der Waals surface area contributed by atoms with Gasteiger partial charge in [0.25, 0.3) is 0 Å². The Morgan fingerprint density at radius 1 is 1.32 bits per heavy atom. The molecule has 0 aliphatic heterocycles. The van der Waals surface area contributed by atoms with Gasteiger partial charge in [-0.3, -0.25) is 19.3 Å². The molecule has 1 rings (SSSR count). The van der Waals surface area contributed by atoms with E-state index in [2.05, 4.69) is 21.2 Å². The maximum absolute atomic E-state index is 11.7. The summed E-state index contributed by atoms with van der Waals surface area (Å²) in [7, 11) is 0. The van der Waals surface area contributed by atoms with Crippen molar-refractivity contribution >= 4 is 39.8 Å². The van der Waals surface area contributed by atoms with Crippen molar-refractivity contribution in [2.45, 2.75) is 6.42 Å². The fraction of sp³-hybridized carbons (Fsp3) is 0.250. The van der Waals surface area contributed by atoms with Crippen molar-refractivity contribution in [3.05, 3.63) is 28.7 Å². The molecule has 3 N–H and O–H groups in total. The minimum absolute atomic E-state index is 0.132. The van der Waals surface area contributed by atoms with Gasteiger partial charge in [0.2, 0.25) is 6.41 Å². The molecule has 6 nitrogen and oxygen atoms in total. The maximum Gasteiger partial charge on any atom is 0.318 e. The largest absolute Gasteiger partial charge is 0.330 e. The lowest BCUT2D eigenvalue weighted by molar-refractivity contribution is -0.146. The molecular weight excluding hydrogens is 314 g/mol. The summed E-state index contributed by atoms with van der Waals surface area (Å²) in [5, 5.41) is 2.42. The van der Waals surface area contributed by atoms with Crippen molar-refractivity contribution < 1.29 is 14.4 Å². The summed E-state index contributed by atoms with van der Waals surface area (Å²) in [6.07, 6.45) is 0.787. The predicted octanol–water partition coefficient (Wildman–Crippen LogP) is 0.721. The number of rotatable bonds is 5. The molecule has 3 amide bonds. The normalized spacial score (nSPS) is 9.79. The van der Waals surface area contributed by atoms with Crippen LogP contribution in [0, 0.1) is 0 Å². The van der Waals surface area contributed by atoms with Crippen LogP contribution in [0.25, 0.3) is 0 Å². The number of carbonyl (C=O) groups excluding carboxylic acids is 3. The molecule has 0 unspecified atom stereocenters. The van der Waals surface area contributed by atoms with E-state index in [0.717, 1.165) is 9.37 Å². The first-order valence-corrected chi connectivity index (χ1v) is 6.40. The van der Waals surface area contributed by atoms with Crippen LogP contribution < -0.4 is 11.1 Å². The monoisotopic (exact) mass is 327 g/mol. The molecule has 0 saturated carbocycles. The zero-order valence-electron chi connectivity index (χ0n) is 10.1. The molecule has 1 aromatic carbocycles. The van der Waals surface area contributed by atoms with Crippen LogP contribution in [-0.2, 0) is 14.4 Å². The molecule has 0 bridgehead atoms. The summed E-state index contributed by atoms with van der Waals surface area (Å²) < 4.78 is 0.856. The molecule has 102 valence electrons. The van der Waals surface area contributed by atoms with Gasteiger partial charge in [-0.05, 0) is 37.2 Å². The molecule has 7 heteroatoms. The van der Waals surface area contributed by atoms with E-state index < -0.39 is 11.8 Å². The highest BCUT2D eigenvalue weighted by molar-refractivity contribution is 9.10. The van der Waals surface area contributed by atoms with Gasteiger partial charge in [0.15, 0.2) is 0 Å². The highest BCUT2D eigenvalue weighted by Crippen LogP contribution is 2.14. The van der Waals surface area contributed by atoms with E-state index in [1.54, 1.807) is 24.3 Å². The topological polar surface area (TPSA) is 92.5 Å². The number of benzene rings is 1. The first-order chi connectivity index (χ1) is 9.08. The molecule has 0 aromatic heterocycles. The first kappa shape index (κ1) is 15.3. The average molecular weight is 328 g/mol. The molecule has 0 saturated heterocycles. The van der Waals surface area contributed by atoms with E-state index in [4.69, 9.17) is 5.73 Å². The fourth-order valence-corrected chi connectivity index (χ4v) is 1.58. The number of hydrogen-bond acceptors (Lipinski definition) is 4. The SMILES string of the molecule is NCCCN(C=O)C(=O)C(=O)Nc1ccc(Br)cc1. The second-order valence-corrected chi connectivity index (χ2v) is 4.62. The third kappa shape index (κ3) is 4.80. The molecule has 0 spiro atoms. The zero-order valence-corrected chi connectivity index (χ0v) is 11.7. The van der Waals surface area contributed by atoms with Crippen molar-refractivity contribution in [1.82, 2.24) is 4.90 Å². The number of nitrogens with zero attached hydrogens (tertiary/aromatic N) is 1. The molecule has 0 radical (unpaired) electrons. The van der Waals surface area contributed by atoms with Crippen LogP contribution in [-0.4, -0.2) is 36.2 Å². The Balaban J connectivity index is 2.63. The van der Waals surface area contributed by atoms with E-state index in [-0.39, 0.29) is 6.54 Å². The van der Waals surface area contributed by atoms with Gasteiger partial charge in [-0.25, -0.2) is 0 Å². The van der Waals surface area contributed by atoms with Crippen LogP contribution in [0.15, 0.2) is 28.7 Å². The summed E-state index contributed by atoms with van der Waals surface area (Å²) >= 11 is 3.26. The van der Waals surface area contributed by atoms with Crippen LogP contribution in [0.2, 0.25) is 0 Å². The highest BCUT2D eigenvalue weighted by atomic mass is 79.9. The Morgan fingerprint density at radius 2 is 1.95 bits per heavy atom. The number of amides is 3. The van der Waals surface area contributed by atoms with Crippen LogP contribution in [0.1, 0.15) is 6.42 Å². The third-order valence-electron chi connectivity index (χ3n) is 2.29. The van der Waals surface area contributed by atoms with Gasteiger partial charge in [0.05, 0.1) is 0 Å². The zero-order chi connectivity index (χ0) is 14.3. The van der Waals surface area contributed by atoms with Crippen molar-refractivity contribution in [1.29, 1.82) is 0 Å². The minimum Gasteiger partial charge on any atom is -0.330 e. The molecule has 0 atom stereocenters. The number of halogens is 1. The summed E-state index contributed by atoms with van der Waals surface area (Å²) in [6.45, 7) is 0.471. The molecule has 19 heavy (non-hydrogen) atoms. The number of nitrogens with one attached hydrogen (secondary N) is 1. The highest BCUT2D eigenvalue weighted by Gasteiger charge is 2.20. The van der Waals surface area contributed by atoms with E-state index in [1.165, 1.54) is 0 Å². The van der Waals surface area contributed by atoms with Crippen LogP contribution in [0.5, 0.6) is 0 Å². The fourth-order valence-electron chi connectivity index (χ4n) is 1.31. The smallest absolute Gasteiger partial charge is 0.318 e. The van der Waals surface area contributed by atoms with Gasteiger partial charge in [-0.15, -0.1) is 0 Å². The van der Waals surface area contributed by atoms with E-state index in [1.807, 2.05) is 0 Å². The number of nitrogens with two attached hydrogens (primary N) is 1. The second kappa shape index (κ2) is 7.65. The van der Waals surface area contributed by atoms with Gasteiger partial charge in [-0.2, -0.15) is 0 Å². The molecule has 0 heterocycles. The van der Waals surface area contributed by atoms with Gasteiger partial charge in [0.1, 0.15) is 0 Å². The van der Waals surface area contributed by atoms with E-state index >= 15 is 0 Å². The number of imide groups is 1. The quantitative estimate of drug-likeness (QED) is 0.615. The van der Waals surface area contributed by atoms with Gasteiger partial charge < -0.3 is 11.1 Å². The van der Waals surface area contributed by atoms with Crippen molar-refractivity contribution in [3.63, 3.8) is 0 Å². The molecule has 0 aliphatic carbocycles. The molecule has 0 fully saturated rings. The summed E-state index contributed by atoms with van der Waals surface area (Å²) in [6, 6.07) is 6.73. The first-order valence-electron chi connectivity index (χ1n) is 5.61. The van der Waals surface area contributed by atoms with Gasteiger partial charge in [-0.1, -0.05) is 15.9 Å². The van der Waals surface area contributed by atoms with E-state index in [0.29, 0.717) is 25.1 Å².